The number of hydrogen-bond donors (Lipinski definition) is 2. The fourth-order valence-corrected chi connectivity index (χ4v) is 4.12. The summed E-state index contributed by atoms with van der Waals surface area (Å²) in [5.41, 5.74) is 4.09. The molecule has 2 N–H and O–H groups in total. The second-order valence-corrected chi connectivity index (χ2v) is 7.67. The number of benzene rings is 2. The maximum atomic E-state index is 12.8. The van der Waals surface area contributed by atoms with Gasteiger partial charge in [0, 0.05) is 17.7 Å². The van der Waals surface area contributed by atoms with Crippen molar-refractivity contribution < 1.29 is 28.7 Å². The van der Waals surface area contributed by atoms with Gasteiger partial charge in [-0.05, 0) is 41.8 Å². The highest BCUT2D eigenvalue weighted by Crippen LogP contribution is 2.35. The van der Waals surface area contributed by atoms with Crippen molar-refractivity contribution in [1.29, 1.82) is 0 Å². The first-order valence-electron chi connectivity index (χ1n) is 10.5. The highest BCUT2D eigenvalue weighted by Gasteiger charge is 2.35. The summed E-state index contributed by atoms with van der Waals surface area (Å²) >= 11 is 0. The smallest absolute Gasteiger partial charge is 0.311 e. The van der Waals surface area contributed by atoms with Crippen LogP contribution in [0.15, 0.2) is 36.4 Å². The lowest BCUT2D eigenvalue weighted by Crippen LogP contribution is -3.14. The Morgan fingerprint density at radius 2 is 1.74 bits per heavy atom. The normalized spacial score (nSPS) is 17.4. The van der Waals surface area contributed by atoms with Crippen molar-refractivity contribution in [2.24, 2.45) is 0 Å². The van der Waals surface area contributed by atoms with E-state index in [-0.39, 0.29) is 30.9 Å². The molecule has 7 nitrogen and oxygen atoms in total. The van der Waals surface area contributed by atoms with Gasteiger partial charge in [-0.3, -0.25) is 9.59 Å². The van der Waals surface area contributed by atoms with Crippen molar-refractivity contribution in [2.75, 3.05) is 39.7 Å². The van der Waals surface area contributed by atoms with Crippen LogP contribution in [-0.2, 0) is 27.2 Å². The molecule has 0 spiro atoms. The summed E-state index contributed by atoms with van der Waals surface area (Å²) in [6.07, 6.45) is 1.92. The van der Waals surface area contributed by atoms with Crippen LogP contribution in [0.3, 0.4) is 0 Å². The summed E-state index contributed by atoms with van der Waals surface area (Å²) < 4.78 is 15.8. The van der Waals surface area contributed by atoms with Crippen LogP contribution in [0.5, 0.6) is 11.5 Å². The van der Waals surface area contributed by atoms with Gasteiger partial charge in [-0.25, -0.2) is 0 Å². The Labute approximate surface area is 183 Å². The Kier molecular flexibility index (Phi) is 7.52. The Hall–Kier alpha value is -3.06. The van der Waals surface area contributed by atoms with Crippen LogP contribution < -0.4 is 19.7 Å². The molecular formula is C24H31N2O5+. The van der Waals surface area contributed by atoms with Gasteiger partial charge in [-0.15, -0.1) is 0 Å². The van der Waals surface area contributed by atoms with E-state index in [9.17, 15) is 9.59 Å². The lowest BCUT2D eigenvalue weighted by Gasteiger charge is -2.34. The Balaban J connectivity index is 1.81. The van der Waals surface area contributed by atoms with Crippen molar-refractivity contribution in [3.05, 3.63) is 53.1 Å². The van der Waals surface area contributed by atoms with E-state index in [1.54, 1.807) is 14.2 Å². The van der Waals surface area contributed by atoms with E-state index in [0.717, 1.165) is 41.1 Å². The Bertz CT molecular complexity index is 926. The second-order valence-electron chi connectivity index (χ2n) is 7.67. The molecule has 7 heteroatoms. The topological polar surface area (TPSA) is 78.3 Å². The van der Waals surface area contributed by atoms with E-state index in [1.807, 2.05) is 36.4 Å². The number of aryl methyl sites for hydroxylation is 1. The third-order valence-electron chi connectivity index (χ3n) is 5.86. The molecule has 1 amide bonds. The molecule has 2 aromatic carbocycles. The zero-order valence-electron chi connectivity index (χ0n) is 18.6. The van der Waals surface area contributed by atoms with E-state index in [4.69, 9.17) is 14.2 Å². The highest BCUT2D eigenvalue weighted by atomic mass is 16.5. The van der Waals surface area contributed by atoms with Crippen LogP contribution in [-0.4, -0.2) is 46.3 Å². The van der Waals surface area contributed by atoms with E-state index in [2.05, 4.69) is 12.2 Å². The number of fused-ring (bicyclic) bond motifs is 1. The zero-order chi connectivity index (χ0) is 22.4. The molecule has 166 valence electrons. The number of amides is 1. The molecule has 0 aliphatic carbocycles. The minimum atomic E-state index is -0.305. The monoisotopic (exact) mass is 427 g/mol. The number of hydrogen-bond acceptors (Lipinski definition) is 5. The van der Waals surface area contributed by atoms with E-state index in [1.165, 1.54) is 12.7 Å². The van der Waals surface area contributed by atoms with Gasteiger partial charge in [0.15, 0.2) is 18.0 Å². The quantitative estimate of drug-likeness (QED) is 0.630. The largest absolute Gasteiger partial charge is 0.493 e. The van der Waals surface area contributed by atoms with E-state index >= 15 is 0 Å². The van der Waals surface area contributed by atoms with Crippen molar-refractivity contribution in [2.45, 2.75) is 32.2 Å². The van der Waals surface area contributed by atoms with Crippen molar-refractivity contribution >= 4 is 17.6 Å². The minimum Gasteiger partial charge on any atom is -0.493 e. The third kappa shape index (κ3) is 5.35. The minimum absolute atomic E-state index is 0.0851. The molecule has 3 rings (SSSR count). The first kappa shape index (κ1) is 22.6. The van der Waals surface area contributed by atoms with Crippen LogP contribution in [0.25, 0.3) is 0 Å². The van der Waals surface area contributed by atoms with E-state index in [0.29, 0.717) is 11.5 Å². The second kappa shape index (κ2) is 10.3. The predicted octanol–water partition coefficient (Wildman–Crippen LogP) is 1.95. The Morgan fingerprint density at radius 1 is 1.06 bits per heavy atom. The number of carbonyl (C=O) groups is 2. The number of methoxy groups -OCH3 is 3. The summed E-state index contributed by atoms with van der Waals surface area (Å²) in [7, 11) is 4.57. The molecule has 1 aliphatic rings. The summed E-state index contributed by atoms with van der Waals surface area (Å²) in [5, 5.41) is 2.97. The molecule has 0 aromatic heterocycles. The van der Waals surface area contributed by atoms with Gasteiger partial charge < -0.3 is 24.4 Å². The zero-order valence-corrected chi connectivity index (χ0v) is 18.6. The molecular weight excluding hydrogens is 396 g/mol. The first-order valence-corrected chi connectivity index (χ1v) is 10.5. The average Bonchev–Trinajstić information content (AvgIpc) is 2.79. The van der Waals surface area contributed by atoms with E-state index < -0.39 is 0 Å². The molecule has 1 unspecified atom stereocenters. The lowest BCUT2D eigenvalue weighted by molar-refractivity contribution is -0.925. The molecule has 1 aliphatic heterocycles. The van der Waals surface area contributed by atoms with Crippen molar-refractivity contribution in [1.82, 2.24) is 0 Å². The fourth-order valence-electron chi connectivity index (χ4n) is 4.12. The van der Waals surface area contributed by atoms with Gasteiger partial charge in [0.05, 0.1) is 27.9 Å². The van der Waals surface area contributed by atoms with Gasteiger partial charge in [0.1, 0.15) is 12.5 Å². The van der Waals surface area contributed by atoms with Crippen LogP contribution in [0, 0.1) is 0 Å². The third-order valence-corrected chi connectivity index (χ3v) is 5.86. The molecule has 0 fully saturated rings. The number of rotatable bonds is 8. The highest BCUT2D eigenvalue weighted by molar-refractivity contribution is 5.91. The first-order chi connectivity index (χ1) is 15.0. The van der Waals surface area contributed by atoms with Gasteiger partial charge >= 0.3 is 5.97 Å². The number of carbonyl (C=O) groups excluding carboxylic acids is 2. The molecule has 2 atom stereocenters. The van der Waals surface area contributed by atoms with Crippen LogP contribution >= 0.6 is 0 Å². The summed E-state index contributed by atoms with van der Waals surface area (Å²) in [4.78, 5) is 26.0. The van der Waals surface area contributed by atoms with Gasteiger partial charge in [0.2, 0.25) is 0 Å². The number of anilines is 1. The summed E-state index contributed by atoms with van der Waals surface area (Å²) in [6, 6.07) is 11.5. The van der Waals surface area contributed by atoms with Crippen LogP contribution in [0.4, 0.5) is 5.69 Å². The standard InChI is InChI=1S/C24H30N2O5/c1-5-16-6-8-18(9-7-16)25-23(27)15-26-11-10-17-12-21(29-2)22(30-3)13-19(17)20(26)14-24(28)31-4/h6-9,12-13,20H,5,10-11,14-15H2,1-4H3,(H,25,27)/p+1/t20-/m1/s1. The van der Waals surface area contributed by atoms with Crippen LogP contribution in [0.2, 0.25) is 0 Å². The number of esters is 1. The molecule has 2 aromatic rings. The van der Waals surface area contributed by atoms with Gasteiger partial charge in [0.25, 0.3) is 5.91 Å². The fraction of sp³-hybridized carbons (Fsp3) is 0.417. The van der Waals surface area contributed by atoms with Crippen molar-refractivity contribution in [3.8, 4) is 11.5 Å². The maximum absolute atomic E-state index is 12.8. The molecule has 0 radical (unpaired) electrons. The SMILES string of the molecule is CCc1ccc(NC(=O)C[NH+]2CCc3cc(OC)c(OC)cc3[C@H]2CC(=O)OC)cc1. The summed E-state index contributed by atoms with van der Waals surface area (Å²) in [6.45, 7) is 3.08. The molecule has 1 heterocycles. The number of quaternary nitrogens is 1. The maximum Gasteiger partial charge on any atom is 0.311 e. The number of nitrogens with one attached hydrogen (secondary N) is 2. The molecule has 0 saturated heterocycles. The van der Waals surface area contributed by atoms with Crippen molar-refractivity contribution in [3.63, 3.8) is 0 Å². The molecule has 0 bridgehead atoms. The summed E-state index contributed by atoms with van der Waals surface area (Å²) in [5.74, 6) is 0.881. The average molecular weight is 428 g/mol. The predicted molar refractivity (Wildman–Crippen MR) is 118 cm³/mol. The molecule has 0 saturated carbocycles. The molecule has 31 heavy (non-hydrogen) atoms. The Morgan fingerprint density at radius 3 is 2.35 bits per heavy atom. The van der Waals surface area contributed by atoms with Crippen LogP contribution in [0.1, 0.15) is 36.1 Å². The van der Waals surface area contributed by atoms with Gasteiger partial charge in [-0.1, -0.05) is 19.1 Å². The van der Waals surface area contributed by atoms with Gasteiger partial charge in [-0.2, -0.15) is 0 Å². The number of ether oxygens (including phenoxy) is 3. The lowest BCUT2D eigenvalue weighted by atomic mass is 9.90.